The molecule has 18 heavy (non-hydrogen) atoms. The van der Waals surface area contributed by atoms with Gasteiger partial charge < -0.3 is 10.6 Å². The van der Waals surface area contributed by atoms with Crippen LogP contribution in [-0.2, 0) is 6.42 Å². The summed E-state index contributed by atoms with van der Waals surface area (Å²) in [7, 11) is 4.07. The molecule has 96 valence electrons. The van der Waals surface area contributed by atoms with Crippen molar-refractivity contribution in [2.45, 2.75) is 19.8 Å². The van der Waals surface area contributed by atoms with Gasteiger partial charge in [0.15, 0.2) is 0 Å². The summed E-state index contributed by atoms with van der Waals surface area (Å²) in [6.45, 7) is 2.16. The van der Waals surface area contributed by atoms with Crippen LogP contribution in [0.4, 0.5) is 10.7 Å². The van der Waals surface area contributed by atoms with E-state index in [1.54, 1.807) is 11.3 Å². The third kappa shape index (κ3) is 2.64. The summed E-state index contributed by atoms with van der Waals surface area (Å²) < 4.78 is 0. The second-order valence-corrected chi connectivity index (χ2v) is 5.63. The van der Waals surface area contributed by atoms with E-state index in [2.05, 4.69) is 41.1 Å². The topological polar surface area (TPSA) is 42.2 Å². The molecule has 1 aromatic heterocycles. The van der Waals surface area contributed by atoms with Gasteiger partial charge in [0.05, 0.1) is 5.01 Å². The summed E-state index contributed by atoms with van der Waals surface area (Å²) in [6.07, 6.45) is 2.11. The number of nitrogens with zero attached hydrogens (tertiary/aromatic N) is 2. The van der Waals surface area contributed by atoms with Gasteiger partial charge in [-0.25, -0.2) is 4.98 Å². The highest BCUT2D eigenvalue weighted by atomic mass is 32.1. The van der Waals surface area contributed by atoms with E-state index in [0.29, 0.717) is 0 Å². The largest absolute Gasteiger partial charge is 0.389 e. The average molecular weight is 261 g/mol. The number of hydrogen-bond donors (Lipinski definition) is 1. The monoisotopic (exact) mass is 261 g/mol. The van der Waals surface area contributed by atoms with E-state index in [0.717, 1.165) is 34.1 Å². The van der Waals surface area contributed by atoms with Crippen LogP contribution in [-0.4, -0.2) is 19.1 Å². The fourth-order valence-electron chi connectivity index (χ4n) is 1.82. The molecular weight excluding hydrogens is 242 g/mol. The first-order valence-electron chi connectivity index (χ1n) is 6.14. The van der Waals surface area contributed by atoms with Crippen molar-refractivity contribution in [3.63, 3.8) is 0 Å². The Balaban J connectivity index is 2.30. The Bertz CT molecular complexity index is 514. The Morgan fingerprint density at radius 3 is 2.44 bits per heavy atom. The van der Waals surface area contributed by atoms with Crippen LogP contribution in [0.15, 0.2) is 24.3 Å². The molecule has 0 spiro atoms. The Morgan fingerprint density at radius 1 is 1.22 bits per heavy atom. The first kappa shape index (κ1) is 12.9. The first-order valence-corrected chi connectivity index (χ1v) is 6.96. The van der Waals surface area contributed by atoms with E-state index in [-0.39, 0.29) is 0 Å². The highest BCUT2D eigenvalue weighted by Gasteiger charge is 2.10. The van der Waals surface area contributed by atoms with Crippen molar-refractivity contribution < 1.29 is 0 Å². The quantitative estimate of drug-likeness (QED) is 0.917. The van der Waals surface area contributed by atoms with Gasteiger partial charge in [-0.1, -0.05) is 19.1 Å². The molecule has 2 rings (SSSR count). The standard InChI is InChI=1S/C14H19N3S/c1-4-5-12-16-13(14(15)18-12)10-6-8-11(9-7-10)17(2)3/h6-9H,4-5,15H2,1-3H3. The minimum Gasteiger partial charge on any atom is -0.389 e. The van der Waals surface area contributed by atoms with Gasteiger partial charge in [0.2, 0.25) is 0 Å². The number of anilines is 2. The lowest BCUT2D eigenvalue weighted by Gasteiger charge is -2.12. The zero-order valence-corrected chi connectivity index (χ0v) is 11.9. The average Bonchev–Trinajstić information content (AvgIpc) is 2.71. The van der Waals surface area contributed by atoms with Gasteiger partial charge in [0, 0.05) is 25.3 Å². The van der Waals surface area contributed by atoms with Gasteiger partial charge in [-0.05, 0) is 25.0 Å². The Hall–Kier alpha value is -1.55. The summed E-state index contributed by atoms with van der Waals surface area (Å²) in [5.41, 5.74) is 9.25. The highest BCUT2D eigenvalue weighted by molar-refractivity contribution is 7.16. The zero-order valence-electron chi connectivity index (χ0n) is 11.1. The molecule has 0 saturated heterocycles. The molecule has 0 aliphatic heterocycles. The molecule has 4 heteroatoms. The van der Waals surface area contributed by atoms with Crippen molar-refractivity contribution in [3.8, 4) is 11.3 Å². The van der Waals surface area contributed by atoms with Gasteiger partial charge in [0.25, 0.3) is 0 Å². The zero-order chi connectivity index (χ0) is 13.1. The molecule has 0 aliphatic carbocycles. The number of nitrogen functional groups attached to an aromatic ring is 1. The molecule has 0 bridgehead atoms. The van der Waals surface area contributed by atoms with E-state index in [1.807, 2.05) is 14.1 Å². The summed E-state index contributed by atoms with van der Waals surface area (Å²) in [4.78, 5) is 6.70. The molecule has 1 aromatic carbocycles. The number of rotatable bonds is 4. The lowest BCUT2D eigenvalue weighted by Crippen LogP contribution is -2.07. The van der Waals surface area contributed by atoms with E-state index in [4.69, 9.17) is 5.73 Å². The first-order chi connectivity index (χ1) is 8.61. The predicted octanol–water partition coefficient (Wildman–Crippen LogP) is 3.41. The van der Waals surface area contributed by atoms with Crippen LogP contribution in [0.2, 0.25) is 0 Å². The van der Waals surface area contributed by atoms with Crippen molar-refractivity contribution in [1.82, 2.24) is 4.98 Å². The molecule has 1 heterocycles. The molecule has 3 nitrogen and oxygen atoms in total. The fourth-order valence-corrected chi connectivity index (χ4v) is 2.78. The Kier molecular flexibility index (Phi) is 3.87. The number of aryl methyl sites for hydroxylation is 1. The second-order valence-electron chi connectivity index (χ2n) is 4.51. The summed E-state index contributed by atoms with van der Waals surface area (Å²) in [6, 6.07) is 8.34. The van der Waals surface area contributed by atoms with E-state index in [9.17, 15) is 0 Å². The van der Waals surface area contributed by atoms with E-state index >= 15 is 0 Å². The SMILES string of the molecule is CCCc1nc(-c2ccc(N(C)C)cc2)c(N)s1. The van der Waals surface area contributed by atoms with Crippen molar-refractivity contribution >= 4 is 22.0 Å². The number of nitrogens with two attached hydrogens (primary N) is 1. The van der Waals surface area contributed by atoms with Crippen LogP contribution >= 0.6 is 11.3 Å². The smallest absolute Gasteiger partial charge is 0.114 e. The van der Waals surface area contributed by atoms with Gasteiger partial charge in [-0.3, -0.25) is 0 Å². The Morgan fingerprint density at radius 2 is 1.89 bits per heavy atom. The maximum Gasteiger partial charge on any atom is 0.114 e. The molecular formula is C14H19N3S. The molecule has 2 N–H and O–H groups in total. The highest BCUT2D eigenvalue weighted by Crippen LogP contribution is 2.31. The van der Waals surface area contributed by atoms with Crippen LogP contribution < -0.4 is 10.6 Å². The number of thiazole rings is 1. The van der Waals surface area contributed by atoms with Crippen molar-refractivity contribution in [2.24, 2.45) is 0 Å². The minimum atomic E-state index is 0.816. The summed E-state index contributed by atoms with van der Waals surface area (Å²) in [5, 5.41) is 1.94. The van der Waals surface area contributed by atoms with Crippen LogP contribution in [0.3, 0.4) is 0 Å². The summed E-state index contributed by atoms with van der Waals surface area (Å²) in [5.74, 6) is 0. The van der Waals surface area contributed by atoms with Crippen LogP contribution in [0.1, 0.15) is 18.4 Å². The maximum atomic E-state index is 6.05. The van der Waals surface area contributed by atoms with Gasteiger partial charge >= 0.3 is 0 Å². The van der Waals surface area contributed by atoms with Crippen LogP contribution in [0.25, 0.3) is 11.3 Å². The lowest BCUT2D eigenvalue weighted by molar-refractivity contribution is 0.910. The van der Waals surface area contributed by atoms with Gasteiger partial charge in [-0.15, -0.1) is 11.3 Å². The molecule has 0 aliphatic rings. The van der Waals surface area contributed by atoms with E-state index in [1.165, 1.54) is 5.69 Å². The molecule has 0 unspecified atom stereocenters. The third-order valence-electron chi connectivity index (χ3n) is 2.82. The lowest BCUT2D eigenvalue weighted by atomic mass is 10.1. The fraction of sp³-hybridized carbons (Fsp3) is 0.357. The van der Waals surface area contributed by atoms with Crippen LogP contribution in [0.5, 0.6) is 0 Å². The molecule has 0 fully saturated rings. The molecule has 0 amide bonds. The van der Waals surface area contributed by atoms with Gasteiger partial charge in [-0.2, -0.15) is 0 Å². The molecule has 0 radical (unpaired) electrons. The second kappa shape index (κ2) is 5.40. The number of benzene rings is 1. The summed E-state index contributed by atoms with van der Waals surface area (Å²) >= 11 is 1.60. The predicted molar refractivity (Wildman–Crippen MR) is 80.3 cm³/mol. The van der Waals surface area contributed by atoms with Crippen molar-refractivity contribution in [3.05, 3.63) is 29.3 Å². The molecule has 0 atom stereocenters. The number of aromatic nitrogens is 1. The minimum absolute atomic E-state index is 0.816. The van der Waals surface area contributed by atoms with Crippen molar-refractivity contribution in [2.75, 3.05) is 24.7 Å². The van der Waals surface area contributed by atoms with E-state index < -0.39 is 0 Å². The molecule has 2 aromatic rings. The molecule has 0 saturated carbocycles. The normalized spacial score (nSPS) is 10.6. The Labute approximate surface area is 112 Å². The van der Waals surface area contributed by atoms with Gasteiger partial charge in [0.1, 0.15) is 10.7 Å². The van der Waals surface area contributed by atoms with Crippen molar-refractivity contribution in [1.29, 1.82) is 0 Å². The number of hydrogen-bond acceptors (Lipinski definition) is 4. The van der Waals surface area contributed by atoms with Crippen LogP contribution in [0, 0.1) is 0 Å². The maximum absolute atomic E-state index is 6.05. The third-order valence-corrected chi connectivity index (χ3v) is 3.76.